The summed E-state index contributed by atoms with van der Waals surface area (Å²) in [5, 5.41) is 4.29. The number of hydrogen-bond acceptors (Lipinski definition) is 2. The van der Waals surface area contributed by atoms with Crippen LogP contribution in [0.25, 0.3) is 11.0 Å². The van der Waals surface area contributed by atoms with E-state index in [0.717, 1.165) is 39.6 Å². The van der Waals surface area contributed by atoms with Gasteiger partial charge in [0, 0.05) is 5.02 Å². The molecule has 0 aliphatic carbocycles. The summed E-state index contributed by atoms with van der Waals surface area (Å²) < 4.78 is 15.7. The van der Waals surface area contributed by atoms with Crippen LogP contribution in [0.1, 0.15) is 29.6 Å². The molecule has 0 radical (unpaired) electrons. The Morgan fingerprint density at radius 3 is 2.41 bits per heavy atom. The summed E-state index contributed by atoms with van der Waals surface area (Å²) in [6.45, 7) is 0. The maximum atomic E-state index is 13.5. The first-order chi connectivity index (χ1) is 13.2. The van der Waals surface area contributed by atoms with Crippen LogP contribution in [-0.4, -0.2) is 9.55 Å². The molecule has 4 aromatic rings. The van der Waals surface area contributed by atoms with Gasteiger partial charge >= 0.3 is 0 Å². The zero-order valence-electron chi connectivity index (χ0n) is 14.4. The van der Waals surface area contributed by atoms with Crippen LogP contribution in [0.3, 0.4) is 0 Å². The number of nitrogens with zero attached hydrogens (tertiary/aromatic N) is 2. The molecule has 0 saturated heterocycles. The van der Waals surface area contributed by atoms with E-state index in [-0.39, 0.29) is 17.9 Å². The number of halogens is 2. The van der Waals surface area contributed by atoms with Crippen LogP contribution >= 0.6 is 11.6 Å². The van der Waals surface area contributed by atoms with E-state index >= 15 is 0 Å². The molecule has 1 aromatic heterocycles. The number of nitrogens with one attached hydrogen (secondary N) is 1. The molecule has 0 fully saturated rings. The molecule has 0 spiro atoms. The average Bonchev–Trinajstić information content (AvgIpc) is 3.07. The Labute approximate surface area is 161 Å². The van der Waals surface area contributed by atoms with Crippen LogP contribution < -0.4 is 5.32 Å². The molecule has 5 heteroatoms. The summed E-state index contributed by atoms with van der Waals surface area (Å²) in [5.74, 6) is 0.606. The summed E-state index contributed by atoms with van der Waals surface area (Å²) in [7, 11) is 0. The number of anilines is 1. The predicted octanol–water partition coefficient (Wildman–Crippen LogP) is 5.98. The summed E-state index contributed by atoms with van der Waals surface area (Å²) in [6, 6.07) is 22.9. The average molecular weight is 378 g/mol. The molecule has 2 heterocycles. The van der Waals surface area contributed by atoms with E-state index in [2.05, 4.69) is 16.0 Å². The SMILES string of the molecule is Fc1ccc([C@H]2C[C@H](c3ccc(Cl)cc3)Nc3nc4ccccc4n32)cc1. The Morgan fingerprint density at radius 2 is 1.63 bits per heavy atom. The minimum Gasteiger partial charge on any atom is -0.349 e. The third kappa shape index (κ3) is 2.86. The van der Waals surface area contributed by atoms with E-state index in [9.17, 15) is 4.39 Å². The van der Waals surface area contributed by atoms with Crippen LogP contribution in [-0.2, 0) is 0 Å². The van der Waals surface area contributed by atoms with Crippen LogP contribution in [0.4, 0.5) is 10.3 Å². The van der Waals surface area contributed by atoms with Gasteiger partial charge in [-0.05, 0) is 53.9 Å². The topological polar surface area (TPSA) is 29.9 Å². The molecule has 0 bridgehead atoms. The number of hydrogen-bond donors (Lipinski definition) is 1. The summed E-state index contributed by atoms with van der Waals surface area (Å²) in [6.07, 6.45) is 0.834. The Bertz CT molecular complexity index is 1100. The standard InChI is InChI=1S/C22H17ClFN3/c23-16-9-5-14(6-10-16)19-13-21(15-7-11-17(24)12-8-15)27-20-4-2-1-3-18(20)25-22(27)26-19/h1-12,19,21H,13H2,(H,25,26)/t19-,21-/m1/s1. The molecule has 0 saturated carbocycles. The van der Waals surface area contributed by atoms with E-state index in [1.165, 1.54) is 12.1 Å². The van der Waals surface area contributed by atoms with Gasteiger partial charge in [-0.2, -0.15) is 0 Å². The van der Waals surface area contributed by atoms with Crippen molar-refractivity contribution in [3.05, 3.63) is 94.8 Å². The van der Waals surface area contributed by atoms with Crippen molar-refractivity contribution in [1.82, 2.24) is 9.55 Å². The first-order valence-corrected chi connectivity index (χ1v) is 9.31. The van der Waals surface area contributed by atoms with E-state index < -0.39 is 0 Å². The molecule has 3 nitrogen and oxygen atoms in total. The number of fused-ring (bicyclic) bond motifs is 3. The Hall–Kier alpha value is -2.85. The maximum Gasteiger partial charge on any atom is 0.204 e. The molecule has 1 N–H and O–H groups in total. The fourth-order valence-electron chi connectivity index (χ4n) is 3.89. The van der Waals surface area contributed by atoms with Crippen LogP contribution in [0.2, 0.25) is 5.02 Å². The van der Waals surface area contributed by atoms with Crippen molar-refractivity contribution in [2.45, 2.75) is 18.5 Å². The van der Waals surface area contributed by atoms with Crippen LogP contribution in [0.15, 0.2) is 72.8 Å². The van der Waals surface area contributed by atoms with Gasteiger partial charge in [0.15, 0.2) is 0 Å². The maximum absolute atomic E-state index is 13.5. The summed E-state index contributed by atoms with van der Waals surface area (Å²) >= 11 is 6.05. The third-order valence-corrected chi connectivity index (χ3v) is 5.45. The van der Waals surface area contributed by atoms with Gasteiger partial charge in [-0.25, -0.2) is 9.37 Å². The van der Waals surface area contributed by atoms with Crippen molar-refractivity contribution in [2.75, 3.05) is 5.32 Å². The lowest BCUT2D eigenvalue weighted by molar-refractivity contribution is 0.476. The lowest BCUT2D eigenvalue weighted by Crippen LogP contribution is -2.27. The third-order valence-electron chi connectivity index (χ3n) is 5.20. The summed E-state index contributed by atoms with van der Waals surface area (Å²) in [5.41, 5.74) is 4.25. The summed E-state index contributed by atoms with van der Waals surface area (Å²) in [4.78, 5) is 4.79. The van der Waals surface area contributed by atoms with Crippen molar-refractivity contribution in [3.63, 3.8) is 0 Å². The molecule has 0 unspecified atom stereocenters. The van der Waals surface area contributed by atoms with Crippen molar-refractivity contribution < 1.29 is 4.39 Å². The number of rotatable bonds is 2. The van der Waals surface area contributed by atoms with Gasteiger partial charge in [-0.3, -0.25) is 0 Å². The Kier molecular flexibility index (Phi) is 3.87. The van der Waals surface area contributed by atoms with Gasteiger partial charge in [-0.15, -0.1) is 0 Å². The molecule has 1 aliphatic rings. The van der Waals surface area contributed by atoms with Crippen molar-refractivity contribution in [1.29, 1.82) is 0 Å². The van der Waals surface area contributed by atoms with Gasteiger partial charge in [0.1, 0.15) is 5.82 Å². The van der Waals surface area contributed by atoms with Crippen molar-refractivity contribution in [2.24, 2.45) is 0 Å². The highest BCUT2D eigenvalue weighted by atomic mass is 35.5. The van der Waals surface area contributed by atoms with Crippen molar-refractivity contribution in [3.8, 4) is 0 Å². The quantitative estimate of drug-likeness (QED) is 0.466. The molecule has 134 valence electrons. The second-order valence-corrected chi connectivity index (χ2v) is 7.28. The number of benzene rings is 3. The van der Waals surface area contributed by atoms with Crippen LogP contribution in [0, 0.1) is 5.82 Å². The number of para-hydroxylation sites is 2. The minimum absolute atomic E-state index is 0.0647. The van der Waals surface area contributed by atoms with E-state index in [1.54, 1.807) is 0 Å². The largest absolute Gasteiger partial charge is 0.349 e. The zero-order valence-corrected chi connectivity index (χ0v) is 15.2. The molecule has 27 heavy (non-hydrogen) atoms. The van der Waals surface area contributed by atoms with Gasteiger partial charge in [0.25, 0.3) is 0 Å². The lowest BCUT2D eigenvalue weighted by atomic mass is 9.93. The van der Waals surface area contributed by atoms with Gasteiger partial charge < -0.3 is 9.88 Å². The zero-order chi connectivity index (χ0) is 18.4. The van der Waals surface area contributed by atoms with E-state index in [1.807, 2.05) is 54.6 Å². The minimum atomic E-state index is -0.224. The Morgan fingerprint density at radius 1 is 0.926 bits per heavy atom. The highest BCUT2D eigenvalue weighted by Crippen LogP contribution is 2.41. The highest BCUT2D eigenvalue weighted by Gasteiger charge is 2.30. The second-order valence-electron chi connectivity index (χ2n) is 6.85. The van der Waals surface area contributed by atoms with Crippen LogP contribution in [0.5, 0.6) is 0 Å². The fraction of sp³-hybridized carbons (Fsp3) is 0.136. The normalized spacial score (nSPS) is 18.9. The van der Waals surface area contributed by atoms with E-state index in [4.69, 9.17) is 16.6 Å². The monoisotopic (exact) mass is 377 g/mol. The second kappa shape index (κ2) is 6.39. The first kappa shape index (κ1) is 16.3. The molecule has 0 amide bonds. The lowest BCUT2D eigenvalue weighted by Gasteiger charge is -2.33. The predicted molar refractivity (Wildman–Crippen MR) is 107 cm³/mol. The van der Waals surface area contributed by atoms with Crippen molar-refractivity contribution >= 4 is 28.6 Å². The molecule has 2 atom stereocenters. The molecular formula is C22H17ClFN3. The smallest absolute Gasteiger partial charge is 0.204 e. The van der Waals surface area contributed by atoms with E-state index in [0.29, 0.717) is 0 Å². The van der Waals surface area contributed by atoms with Gasteiger partial charge in [0.05, 0.1) is 23.1 Å². The highest BCUT2D eigenvalue weighted by molar-refractivity contribution is 6.30. The number of aromatic nitrogens is 2. The first-order valence-electron chi connectivity index (χ1n) is 8.93. The Balaban J connectivity index is 1.65. The molecule has 5 rings (SSSR count). The van der Waals surface area contributed by atoms with Gasteiger partial charge in [-0.1, -0.05) is 48.0 Å². The molecule has 1 aliphatic heterocycles. The number of imidazole rings is 1. The molecule has 3 aromatic carbocycles. The van der Waals surface area contributed by atoms with Gasteiger partial charge in [0.2, 0.25) is 5.95 Å². The fourth-order valence-corrected chi connectivity index (χ4v) is 4.02. The molecular weight excluding hydrogens is 361 g/mol.